The second-order valence-electron chi connectivity index (χ2n) is 4.27. The highest BCUT2D eigenvalue weighted by molar-refractivity contribution is 5.82. The molecule has 0 aliphatic carbocycles. The quantitative estimate of drug-likeness (QED) is 0.488. The van der Waals surface area contributed by atoms with Crippen LogP contribution in [-0.2, 0) is 4.79 Å². The number of rotatable bonds is 8. The van der Waals surface area contributed by atoms with E-state index in [1.165, 1.54) is 19.3 Å². The highest BCUT2D eigenvalue weighted by atomic mass is 16.2. The first-order chi connectivity index (χ1) is 7.61. The molecule has 2 atom stereocenters. The number of hydrogen-bond donors (Lipinski definition) is 2. The Kier molecular flexibility index (Phi) is 8.65. The molecule has 0 bridgehead atoms. The van der Waals surface area contributed by atoms with Gasteiger partial charge >= 0.3 is 0 Å². The molecular weight excluding hydrogens is 200 g/mol. The fraction of sp³-hybridized carbons (Fsp3) is 0.769. The van der Waals surface area contributed by atoms with Gasteiger partial charge in [-0.1, -0.05) is 32.6 Å². The van der Waals surface area contributed by atoms with E-state index in [9.17, 15) is 4.79 Å². The van der Waals surface area contributed by atoms with Crippen LogP contribution in [0.25, 0.3) is 0 Å². The molecule has 0 aromatic carbocycles. The first-order valence-corrected chi connectivity index (χ1v) is 6.11. The van der Waals surface area contributed by atoms with Gasteiger partial charge in [-0.05, 0) is 13.3 Å². The van der Waals surface area contributed by atoms with Gasteiger partial charge in [0, 0.05) is 12.5 Å². The van der Waals surface area contributed by atoms with Crippen molar-refractivity contribution in [1.29, 1.82) is 0 Å². The Hall–Kier alpha value is -1.01. The minimum absolute atomic E-state index is 0.138. The van der Waals surface area contributed by atoms with Gasteiger partial charge in [-0.2, -0.15) is 0 Å². The normalized spacial score (nSPS) is 13.9. The third kappa shape index (κ3) is 7.30. The van der Waals surface area contributed by atoms with Crippen molar-refractivity contribution in [2.45, 2.75) is 64.5 Å². The molecule has 0 saturated heterocycles. The molecule has 3 nitrogen and oxygen atoms in total. The van der Waals surface area contributed by atoms with Crippen LogP contribution in [0, 0.1) is 12.3 Å². The highest BCUT2D eigenvalue weighted by Crippen LogP contribution is 2.05. The first-order valence-electron chi connectivity index (χ1n) is 6.11. The summed E-state index contributed by atoms with van der Waals surface area (Å²) in [6.07, 6.45) is 11.3. The van der Waals surface area contributed by atoms with E-state index in [-0.39, 0.29) is 11.9 Å². The van der Waals surface area contributed by atoms with Gasteiger partial charge in [-0.15, -0.1) is 12.3 Å². The molecule has 3 heteroatoms. The van der Waals surface area contributed by atoms with Gasteiger partial charge < -0.3 is 11.1 Å². The van der Waals surface area contributed by atoms with Crippen molar-refractivity contribution in [2.24, 2.45) is 5.73 Å². The number of carbonyl (C=O) groups is 1. The van der Waals surface area contributed by atoms with Gasteiger partial charge in [-0.3, -0.25) is 4.79 Å². The second-order valence-corrected chi connectivity index (χ2v) is 4.27. The summed E-state index contributed by atoms with van der Waals surface area (Å²) in [5.41, 5.74) is 5.60. The summed E-state index contributed by atoms with van der Waals surface area (Å²) in [7, 11) is 0. The molecule has 0 spiro atoms. The zero-order valence-corrected chi connectivity index (χ0v) is 10.5. The molecule has 16 heavy (non-hydrogen) atoms. The van der Waals surface area contributed by atoms with Crippen molar-refractivity contribution in [3.8, 4) is 12.3 Å². The minimum atomic E-state index is -0.567. The van der Waals surface area contributed by atoms with Crippen LogP contribution < -0.4 is 11.1 Å². The summed E-state index contributed by atoms with van der Waals surface area (Å²) in [5, 5.41) is 2.88. The van der Waals surface area contributed by atoms with Crippen LogP contribution in [0.3, 0.4) is 0 Å². The van der Waals surface area contributed by atoms with E-state index >= 15 is 0 Å². The van der Waals surface area contributed by atoms with Crippen molar-refractivity contribution < 1.29 is 4.79 Å². The zero-order valence-electron chi connectivity index (χ0n) is 10.5. The Morgan fingerprint density at radius 3 is 2.69 bits per heavy atom. The molecular formula is C13H24N2O. The minimum Gasteiger partial charge on any atom is -0.352 e. The molecule has 1 amide bonds. The lowest BCUT2D eigenvalue weighted by Gasteiger charge is -2.16. The van der Waals surface area contributed by atoms with E-state index in [0.717, 1.165) is 12.8 Å². The van der Waals surface area contributed by atoms with Crippen molar-refractivity contribution in [2.75, 3.05) is 0 Å². The van der Waals surface area contributed by atoms with E-state index in [1.54, 1.807) is 0 Å². The summed E-state index contributed by atoms with van der Waals surface area (Å²) in [6.45, 7) is 4.19. The molecule has 92 valence electrons. The summed E-state index contributed by atoms with van der Waals surface area (Å²) < 4.78 is 0. The van der Waals surface area contributed by atoms with Crippen LogP contribution in [0.5, 0.6) is 0 Å². The Morgan fingerprint density at radius 1 is 1.44 bits per heavy atom. The Bertz CT molecular complexity index is 233. The van der Waals surface area contributed by atoms with E-state index in [0.29, 0.717) is 6.42 Å². The van der Waals surface area contributed by atoms with Crippen molar-refractivity contribution in [3.63, 3.8) is 0 Å². The van der Waals surface area contributed by atoms with Crippen LogP contribution >= 0.6 is 0 Å². The van der Waals surface area contributed by atoms with Crippen molar-refractivity contribution in [3.05, 3.63) is 0 Å². The standard InChI is InChI=1S/C13H24N2O/c1-4-6-7-8-10-11(3)15-13(16)12(14)9-5-2/h2,11-12H,4,6-10,14H2,1,3H3,(H,15,16). The fourth-order valence-corrected chi connectivity index (χ4v) is 1.52. The number of carbonyl (C=O) groups excluding carboxylic acids is 1. The first kappa shape index (κ1) is 15.0. The highest BCUT2D eigenvalue weighted by Gasteiger charge is 2.13. The predicted octanol–water partition coefficient (Wildman–Crippen LogP) is 1.81. The molecule has 0 aliphatic rings. The molecule has 0 fully saturated rings. The van der Waals surface area contributed by atoms with Crippen molar-refractivity contribution >= 4 is 5.91 Å². The topological polar surface area (TPSA) is 55.1 Å². The van der Waals surface area contributed by atoms with Gasteiger partial charge in [0.2, 0.25) is 5.91 Å². The van der Waals surface area contributed by atoms with Gasteiger partial charge in [0.05, 0.1) is 6.04 Å². The molecule has 3 N–H and O–H groups in total. The molecule has 2 unspecified atom stereocenters. The second kappa shape index (κ2) is 9.23. The average molecular weight is 224 g/mol. The Morgan fingerprint density at radius 2 is 2.12 bits per heavy atom. The molecule has 0 rings (SSSR count). The fourth-order valence-electron chi connectivity index (χ4n) is 1.52. The SMILES string of the molecule is C#CCC(N)C(=O)NC(C)CCCCCC. The van der Waals surface area contributed by atoms with E-state index in [2.05, 4.69) is 18.2 Å². The maximum atomic E-state index is 11.5. The summed E-state index contributed by atoms with van der Waals surface area (Å²) >= 11 is 0. The summed E-state index contributed by atoms with van der Waals surface area (Å²) in [6, 6.07) is -0.378. The predicted molar refractivity (Wildman–Crippen MR) is 67.8 cm³/mol. The van der Waals surface area contributed by atoms with Crippen LogP contribution in [0.1, 0.15) is 52.4 Å². The smallest absolute Gasteiger partial charge is 0.238 e. The zero-order chi connectivity index (χ0) is 12.4. The monoisotopic (exact) mass is 224 g/mol. The molecule has 0 radical (unpaired) electrons. The number of terminal acetylenes is 1. The molecule has 0 aliphatic heterocycles. The lowest BCUT2D eigenvalue weighted by atomic mass is 10.1. The lowest BCUT2D eigenvalue weighted by molar-refractivity contribution is -0.122. The van der Waals surface area contributed by atoms with E-state index < -0.39 is 6.04 Å². The maximum Gasteiger partial charge on any atom is 0.238 e. The number of nitrogens with two attached hydrogens (primary N) is 1. The van der Waals surface area contributed by atoms with E-state index in [1.807, 2.05) is 6.92 Å². The van der Waals surface area contributed by atoms with E-state index in [4.69, 9.17) is 12.2 Å². The summed E-state index contributed by atoms with van der Waals surface area (Å²) in [5.74, 6) is 2.26. The largest absolute Gasteiger partial charge is 0.352 e. The molecule has 0 saturated carbocycles. The Balaban J connectivity index is 3.66. The third-order valence-electron chi connectivity index (χ3n) is 2.55. The third-order valence-corrected chi connectivity index (χ3v) is 2.55. The van der Waals surface area contributed by atoms with Gasteiger partial charge in [-0.25, -0.2) is 0 Å². The average Bonchev–Trinajstić information content (AvgIpc) is 2.24. The van der Waals surface area contributed by atoms with Crippen LogP contribution in [0.4, 0.5) is 0 Å². The van der Waals surface area contributed by atoms with Crippen LogP contribution in [-0.4, -0.2) is 18.0 Å². The lowest BCUT2D eigenvalue weighted by Crippen LogP contribution is -2.44. The number of amides is 1. The molecule has 0 heterocycles. The van der Waals surface area contributed by atoms with Gasteiger partial charge in [0.25, 0.3) is 0 Å². The number of hydrogen-bond acceptors (Lipinski definition) is 2. The number of nitrogens with one attached hydrogen (secondary N) is 1. The van der Waals surface area contributed by atoms with Crippen LogP contribution in [0.15, 0.2) is 0 Å². The summed E-state index contributed by atoms with van der Waals surface area (Å²) in [4.78, 5) is 11.5. The van der Waals surface area contributed by atoms with Crippen molar-refractivity contribution in [1.82, 2.24) is 5.32 Å². The van der Waals surface area contributed by atoms with Gasteiger partial charge in [0.15, 0.2) is 0 Å². The number of unbranched alkanes of at least 4 members (excludes halogenated alkanes) is 3. The molecule has 0 aromatic heterocycles. The van der Waals surface area contributed by atoms with Gasteiger partial charge in [0.1, 0.15) is 0 Å². The maximum absolute atomic E-state index is 11.5. The van der Waals surface area contributed by atoms with Crippen LogP contribution in [0.2, 0.25) is 0 Å². The Labute approximate surface area is 99.2 Å². The molecule has 0 aromatic rings.